The number of terminal acetylenes is 1. The summed E-state index contributed by atoms with van der Waals surface area (Å²) in [6.07, 6.45) is 5.34. The lowest BCUT2D eigenvalue weighted by molar-refractivity contribution is 1.42. The van der Waals surface area contributed by atoms with Gasteiger partial charge in [0, 0.05) is 10.0 Å². The first-order chi connectivity index (χ1) is 7.72. The Kier molecular flexibility index (Phi) is 3.12. The Labute approximate surface area is 104 Å². The monoisotopic (exact) mass is 270 g/mol. The maximum Gasteiger partial charge on any atom is 0.0243 e. The standard InChI is InChI=1S/C15H11Br/c1-3-12-7-9-13(10-8-12)14-5-4-6-15(16)11(14)2/h1,4-10H,2H3. The second-order valence-electron chi connectivity index (χ2n) is 3.63. The number of hydrogen-bond acceptors (Lipinski definition) is 0. The van der Waals surface area contributed by atoms with Crippen LogP contribution in [0.15, 0.2) is 46.9 Å². The van der Waals surface area contributed by atoms with Gasteiger partial charge in [0.05, 0.1) is 0 Å². The molecule has 0 radical (unpaired) electrons. The molecular formula is C15H11Br. The van der Waals surface area contributed by atoms with Gasteiger partial charge >= 0.3 is 0 Å². The van der Waals surface area contributed by atoms with E-state index >= 15 is 0 Å². The molecule has 0 aliphatic heterocycles. The minimum Gasteiger partial charge on any atom is -0.115 e. The minimum atomic E-state index is 0.913. The summed E-state index contributed by atoms with van der Waals surface area (Å²) in [6, 6.07) is 14.3. The summed E-state index contributed by atoms with van der Waals surface area (Å²) in [5.41, 5.74) is 4.59. The van der Waals surface area contributed by atoms with Gasteiger partial charge in [-0.1, -0.05) is 46.1 Å². The van der Waals surface area contributed by atoms with Crippen LogP contribution in [0.3, 0.4) is 0 Å². The molecule has 0 atom stereocenters. The molecular weight excluding hydrogens is 260 g/mol. The van der Waals surface area contributed by atoms with Crippen molar-refractivity contribution in [3.05, 3.63) is 58.1 Å². The van der Waals surface area contributed by atoms with E-state index in [-0.39, 0.29) is 0 Å². The van der Waals surface area contributed by atoms with Crippen LogP contribution in [-0.4, -0.2) is 0 Å². The van der Waals surface area contributed by atoms with Crippen LogP contribution in [0.2, 0.25) is 0 Å². The molecule has 2 aromatic carbocycles. The maximum absolute atomic E-state index is 5.34. The van der Waals surface area contributed by atoms with E-state index in [4.69, 9.17) is 6.42 Å². The highest BCUT2D eigenvalue weighted by Crippen LogP contribution is 2.28. The van der Waals surface area contributed by atoms with Gasteiger partial charge in [0.15, 0.2) is 0 Å². The molecule has 2 rings (SSSR count). The van der Waals surface area contributed by atoms with E-state index in [1.54, 1.807) is 0 Å². The van der Waals surface area contributed by atoms with Crippen LogP contribution in [0.5, 0.6) is 0 Å². The van der Waals surface area contributed by atoms with Crippen molar-refractivity contribution >= 4 is 15.9 Å². The Bertz CT molecular complexity index is 545. The first kappa shape index (κ1) is 11.0. The summed E-state index contributed by atoms with van der Waals surface area (Å²) < 4.78 is 1.13. The van der Waals surface area contributed by atoms with Crippen molar-refractivity contribution in [3.8, 4) is 23.5 Å². The van der Waals surface area contributed by atoms with Crippen LogP contribution < -0.4 is 0 Å². The zero-order valence-corrected chi connectivity index (χ0v) is 10.6. The molecule has 0 amide bonds. The molecule has 0 unspecified atom stereocenters. The average molecular weight is 271 g/mol. The van der Waals surface area contributed by atoms with Crippen molar-refractivity contribution in [1.29, 1.82) is 0 Å². The van der Waals surface area contributed by atoms with Crippen LogP contribution in [0.1, 0.15) is 11.1 Å². The predicted molar refractivity (Wildman–Crippen MR) is 72.3 cm³/mol. The summed E-state index contributed by atoms with van der Waals surface area (Å²) >= 11 is 3.54. The normalized spacial score (nSPS) is 9.81. The topological polar surface area (TPSA) is 0 Å². The molecule has 0 aromatic heterocycles. The van der Waals surface area contributed by atoms with E-state index in [9.17, 15) is 0 Å². The van der Waals surface area contributed by atoms with Gasteiger partial charge in [-0.05, 0) is 41.8 Å². The lowest BCUT2D eigenvalue weighted by atomic mass is 10.00. The molecule has 0 saturated heterocycles. The van der Waals surface area contributed by atoms with E-state index in [0.29, 0.717) is 0 Å². The summed E-state index contributed by atoms with van der Waals surface area (Å²) in [6.45, 7) is 2.11. The highest BCUT2D eigenvalue weighted by Gasteiger charge is 2.03. The Hall–Kier alpha value is -1.52. The van der Waals surface area contributed by atoms with Crippen molar-refractivity contribution in [3.63, 3.8) is 0 Å². The Morgan fingerprint density at radius 2 is 1.75 bits per heavy atom. The lowest BCUT2D eigenvalue weighted by Crippen LogP contribution is -1.84. The predicted octanol–water partition coefficient (Wildman–Crippen LogP) is 4.41. The van der Waals surface area contributed by atoms with Gasteiger partial charge in [-0.2, -0.15) is 0 Å². The van der Waals surface area contributed by atoms with Crippen LogP contribution in [0.25, 0.3) is 11.1 Å². The summed E-state index contributed by atoms with van der Waals surface area (Å²) in [5, 5.41) is 0. The number of rotatable bonds is 1. The fourth-order valence-corrected chi connectivity index (χ4v) is 2.03. The zero-order chi connectivity index (χ0) is 11.5. The first-order valence-corrected chi connectivity index (χ1v) is 5.84. The third-order valence-corrected chi connectivity index (χ3v) is 3.49. The number of benzene rings is 2. The van der Waals surface area contributed by atoms with Gasteiger partial charge in [-0.25, -0.2) is 0 Å². The molecule has 0 bridgehead atoms. The molecule has 0 fully saturated rings. The Morgan fingerprint density at radius 3 is 2.38 bits per heavy atom. The van der Waals surface area contributed by atoms with Crippen LogP contribution in [0.4, 0.5) is 0 Å². The van der Waals surface area contributed by atoms with Crippen molar-refractivity contribution < 1.29 is 0 Å². The molecule has 0 spiro atoms. The van der Waals surface area contributed by atoms with Gasteiger partial charge in [0.2, 0.25) is 0 Å². The quantitative estimate of drug-likeness (QED) is 0.674. The average Bonchev–Trinajstić information content (AvgIpc) is 2.33. The molecule has 78 valence electrons. The lowest BCUT2D eigenvalue weighted by Gasteiger charge is -2.07. The molecule has 0 aliphatic carbocycles. The highest BCUT2D eigenvalue weighted by atomic mass is 79.9. The molecule has 2 aromatic rings. The summed E-state index contributed by atoms with van der Waals surface area (Å²) in [4.78, 5) is 0. The number of hydrogen-bond donors (Lipinski definition) is 0. The second kappa shape index (κ2) is 4.55. The van der Waals surface area contributed by atoms with Crippen molar-refractivity contribution in [1.82, 2.24) is 0 Å². The Balaban J connectivity index is 2.51. The Morgan fingerprint density at radius 1 is 1.06 bits per heavy atom. The summed E-state index contributed by atoms with van der Waals surface area (Å²) in [7, 11) is 0. The van der Waals surface area contributed by atoms with Gasteiger partial charge in [-0.15, -0.1) is 6.42 Å². The zero-order valence-electron chi connectivity index (χ0n) is 9.00. The molecule has 16 heavy (non-hydrogen) atoms. The molecule has 0 saturated carbocycles. The first-order valence-electron chi connectivity index (χ1n) is 5.04. The third-order valence-electron chi connectivity index (χ3n) is 2.63. The van der Waals surface area contributed by atoms with Crippen molar-refractivity contribution in [2.24, 2.45) is 0 Å². The summed E-state index contributed by atoms with van der Waals surface area (Å²) in [5.74, 6) is 2.62. The van der Waals surface area contributed by atoms with Gasteiger partial charge < -0.3 is 0 Å². The minimum absolute atomic E-state index is 0.913. The second-order valence-corrected chi connectivity index (χ2v) is 4.49. The van der Waals surface area contributed by atoms with E-state index in [1.807, 2.05) is 18.2 Å². The molecule has 0 aliphatic rings. The van der Waals surface area contributed by atoms with E-state index in [1.165, 1.54) is 16.7 Å². The number of halogens is 1. The van der Waals surface area contributed by atoms with Crippen molar-refractivity contribution in [2.75, 3.05) is 0 Å². The van der Waals surface area contributed by atoms with Crippen LogP contribution in [-0.2, 0) is 0 Å². The SMILES string of the molecule is C#Cc1ccc(-c2cccc(Br)c2C)cc1. The van der Waals surface area contributed by atoms with Gasteiger partial charge in [0.25, 0.3) is 0 Å². The maximum atomic E-state index is 5.34. The third kappa shape index (κ3) is 2.03. The molecule has 1 heteroatoms. The molecule has 0 nitrogen and oxygen atoms in total. The fourth-order valence-electron chi connectivity index (χ4n) is 1.67. The largest absolute Gasteiger partial charge is 0.115 e. The highest BCUT2D eigenvalue weighted by molar-refractivity contribution is 9.10. The molecule has 0 N–H and O–H groups in total. The van der Waals surface area contributed by atoms with E-state index < -0.39 is 0 Å². The molecule has 0 heterocycles. The van der Waals surface area contributed by atoms with E-state index in [0.717, 1.165) is 10.0 Å². The van der Waals surface area contributed by atoms with Crippen molar-refractivity contribution in [2.45, 2.75) is 6.92 Å². The smallest absolute Gasteiger partial charge is 0.0243 e. The van der Waals surface area contributed by atoms with Gasteiger partial charge in [-0.3, -0.25) is 0 Å². The van der Waals surface area contributed by atoms with Gasteiger partial charge in [0.1, 0.15) is 0 Å². The van der Waals surface area contributed by atoms with Crippen LogP contribution >= 0.6 is 15.9 Å². The fraction of sp³-hybridized carbons (Fsp3) is 0.0667. The van der Waals surface area contributed by atoms with E-state index in [2.05, 4.69) is 53.0 Å². The van der Waals surface area contributed by atoms with Crippen LogP contribution in [0, 0.1) is 19.3 Å².